The Bertz CT molecular complexity index is 1450. The average Bonchev–Trinajstić information content (AvgIpc) is 3.88. The summed E-state index contributed by atoms with van der Waals surface area (Å²) in [4.78, 5) is 36.2. The van der Waals surface area contributed by atoms with Crippen LogP contribution in [0, 0.1) is 17.2 Å². The summed E-state index contributed by atoms with van der Waals surface area (Å²) in [6.07, 6.45) is 9.40. The maximum atomic E-state index is 12.8. The molecule has 0 radical (unpaired) electrons. The Balaban J connectivity index is 1.15. The monoisotopic (exact) mass is 537 g/mol. The van der Waals surface area contributed by atoms with Crippen molar-refractivity contribution in [1.29, 1.82) is 5.41 Å². The molecule has 2 atom stereocenters. The zero-order valence-corrected chi connectivity index (χ0v) is 22.7. The lowest BCUT2D eigenvalue weighted by atomic mass is 9.86. The summed E-state index contributed by atoms with van der Waals surface area (Å²) < 4.78 is 0. The summed E-state index contributed by atoms with van der Waals surface area (Å²) in [7, 11) is 0. The molecule has 3 fully saturated rings. The topological polar surface area (TPSA) is 137 Å². The van der Waals surface area contributed by atoms with Gasteiger partial charge in [-0.25, -0.2) is 9.97 Å². The summed E-state index contributed by atoms with van der Waals surface area (Å²) in [5.74, 6) is 1.53. The predicted molar refractivity (Wildman–Crippen MR) is 156 cm³/mol. The number of pyridine rings is 2. The molecule has 1 aliphatic heterocycles. The van der Waals surface area contributed by atoms with Crippen LogP contribution in [0.5, 0.6) is 0 Å². The fourth-order valence-electron chi connectivity index (χ4n) is 5.49. The van der Waals surface area contributed by atoms with Crippen molar-refractivity contribution in [3.05, 3.63) is 71.5 Å². The molecule has 9 heteroatoms. The molecule has 9 nitrogen and oxygen atoms in total. The van der Waals surface area contributed by atoms with E-state index in [4.69, 9.17) is 11.1 Å². The second-order valence-corrected chi connectivity index (χ2v) is 11.3. The molecule has 1 saturated heterocycles. The number of nitrogen functional groups attached to an aromatic ring is 1. The minimum Gasteiger partial charge on any atom is -0.382 e. The number of hydrogen-bond donors (Lipinski definition) is 4. The molecule has 2 aliphatic carbocycles. The van der Waals surface area contributed by atoms with Crippen LogP contribution in [0.15, 0.2) is 54.9 Å². The second kappa shape index (κ2) is 10.7. The van der Waals surface area contributed by atoms with Gasteiger partial charge in [-0.15, -0.1) is 0 Å². The van der Waals surface area contributed by atoms with Gasteiger partial charge < -0.3 is 26.7 Å². The van der Waals surface area contributed by atoms with Gasteiger partial charge in [0.2, 0.25) is 5.91 Å². The highest BCUT2D eigenvalue weighted by molar-refractivity contribution is 6.07. The Morgan fingerprint density at radius 3 is 2.40 bits per heavy atom. The van der Waals surface area contributed by atoms with Crippen LogP contribution in [0.2, 0.25) is 0 Å². The number of aromatic nitrogens is 2. The molecule has 3 aliphatic rings. The minimum absolute atomic E-state index is 0.0700. The molecule has 6 rings (SSSR count). The summed E-state index contributed by atoms with van der Waals surface area (Å²) in [6, 6.07) is 13.0. The molecule has 2 aromatic heterocycles. The van der Waals surface area contributed by atoms with Crippen molar-refractivity contribution >= 4 is 40.5 Å². The number of piperidine rings is 1. The lowest BCUT2D eigenvalue weighted by molar-refractivity contribution is -0.136. The maximum absolute atomic E-state index is 12.8. The van der Waals surface area contributed by atoms with Gasteiger partial charge in [-0.2, -0.15) is 0 Å². The molecule has 0 unspecified atom stereocenters. The van der Waals surface area contributed by atoms with Gasteiger partial charge in [0.15, 0.2) is 0 Å². The molecule has 3 heterocycles. The molecule has 2 saturated carbocycles. The van der Waals surface area contributed by atoms with Crippen molar-refractivity contribution in [2.45, 2.75) is 57.4 Å². The first-order chi connectivity index (χ1) is 19.4. The minimum atomic E-state index is -0.229. The normalized spacial score (nSPS) is 20.6. The Hall–Kier alpha value is -4.27. The number of benzene rings is 1. The molecule has 40 heavy (non-hydrogen) atoms. The lowest BCUT2D eigenvalue weighted by Gasteiger charge is -2.38. The molecule has 1 aromatic carbocycles. The van der Waals surface area contributed by atoms with E-state index >= 15 is 0 Å². The highest BCUT2D eigenvalue weighted by atomic mass is 16.2. The first kappa shape index (κ1) is 26.0. The number of likely N-dealkylation sites (tertiary alicyclic amines) is 1. The van der Waals surface area contributed by atoms with E-state index in [1.807, 2.05) is 17.0 Å². The molecule has 206 valence electrons. The quantitative estimate of drug-likeness (QED) is 0.286. The highest BCUT2D eigenvalue weighted by Gasteiger charge is 2.39. The van der Waals surface area contributed by atoms with Crippen molar-refractivity contribution in [1.82, 2.24) is 14.9 Å². The summed E-state index contributed by atoms with van der Waals surface area (Å²) >= 11 is 0. The number of carbonyl (C=O) groups excluding carboxylic acids is 2. The van der Waals surface area contributed by atoms with Crippen molar-refractivity contribution < 1.29 is 9.59 Å². The fourth-order valence-corrected chi connectivity index (χ4v) is 5.49. The second-order valence-electron chi connectivity index (χ2n) is 11.3. The van der Waals surface area contributed by atoms with Crippen LogP contribution in [0.1, 0.15) is 72.9 Å². The van der Waals surface area contributed by atoms with Crippen LogP contribution < -0.4 is 16.4 Å². The number of nitrogens with zero attached hydrogens (tertiary/aromatic N) is 3. The van der Waals surface area contributed by atoms with Crippen LogP contribution >= 0.6 is 0 Å². The van der Waals surface area contributed by atoms with Gasteiger partial charge in [0.25, 0.3) is 5.91 Å². The Labute approximate surface area is 234 Å². The SMILES string of the molecule is C[C@H]1CC[C@@H](C(=N)c2ccnc(N)c2Nc2ccc(C(=O)Nc3cc(C4CC4)ccn3)cc2)CN1C(=O)C1CC1. The third-order valence-corrected chi connectivity index (χ3v) is 8.26. The van der Waals surface area contributed by atoms with Gasteiger partial charge in [0, 0.05) is 59.3 Å². The number of carbonyl (C=O) groups is 2. The Morgan fingerprint density at radius 1 is 0.950 bits per heavy atom. The number of hydrogen-bond acceptors (Lipinski definition) is 7. The zero-order valence-electron chi connectivity index (χ0n) is 22.7. The van der Waals surface area contributed by atoms with Gasteiger partial charge in [0.05, 0.1) is 5.69 Å². The van der Waals surface area contributed by atoms with E-state index in [1.165, 1.54) is 18.4 Å². The third kappa shape index (κ3) is 5.54. The van der Waals surface area contributed by atoms with E-state index in [0.29, 0.717) is 46.6 Å². The van der Waals surface area contributed by atoms with E-state index in [9.17, 15) is 9.59 Å². The number of amides is 2. The number of nitrogens with two attached hydrogens (primary N) is 1. The van der Waals surface area contributed by atoms with E-state index in [-0.39, 0.29) is 29.7 Å². The number of rotatable bonds is 8. The highest BCUT2D eigenvalue weighted by Crippen LogP contribution is 2.40. The summed E-state index contributed by atoms with van der Waals surface area (Å²) in [5.41, 5.74) is 10.4. The van der Waals surface area contributed by atoms with E-state index in [0.717, 1.165) is 31.4 Å². The number of nitrogens with one attached hydrogen (secondary N) is 3. The largest absolute Gasteiger partial charge is 0.382 e. The molecule has 2 amide bonds. The van der Waals surface area contributed by atoms with Crippen molar-refractivity contribution in [3.63, 3.8) is 0 Å². The summed E-state index contributed by atoms with van der Waals surface area (Å²) in [5, 5.41) is 15.3. The predicted octanol–water partition coefficient (Wildman–Crippen LogP) is 5.34. The van der Waals surface area contributed by atoms with E-state index in [1.54, 1.807) is 42.7 Å². The summed E-state index contributed by atoms with van der Waals surface area (Å²) in [6.45, 7) is 2.66. The van der Waals surface area contributed by atoms with Gasteiger partial charge in [-0.05, 0) is 99.4 Å². The molecule has 0 bridgehead atoms. The van der Waals surface area contributed by atoms with Crippen LogP contribution in [-0.2, 0) is 4.79 Å². The van der Waals surface area contributed by atoms with Gasteiger partial charge in [-0.3, -0.25) is 9.59 Å². The van der Waals surface area contributed by atoms with Gasteiger partial charge in [-0.1, -0.05) is 0 Å². The first-order valence-corrected chi connectivity index (χ1v) is 14.2. The van der Waals surface area contributed by atoms with Crippen molar-refractivity contribution in [2.75, 3.05) is 22.9 Å². The smallest absolute Gasteiger partial charge is 0.256 e. The van der Waals surface area contributed by atoms with E-state index < -0.39 is 0 Å². The molecule has 3 aromatic rings. The molecular weight excluding hydrogens is 502 g/mol. The maximum Gasteiger partial charge on any atom is 0.256 e. The standard InChI is InChI=1S/C31H35N7O2/c1-18-2-3-23(17-38(18)31(40)21-6-7-21)27(32)25-13-15-35-29(33)28(25)36-24-10-8-20(9-11-24)30(39)37-26-16-22(12-14-34-26)19-4-5-19/h8-16,18-19,21,23,32,36H,2-7,17H2,1H3,(H2,33,35)(H,34,37,39)/t18-,23+/m0/s1. The zero-order chi connectivity index (χ0) is 27.8. The Morgan fingerprint density at radius 2 is 1.68 bits per heavy atom. The van der Waals surface area contributed by atoms with E-state index in [2.05, 4.69) is 27.5 Å². The van der Waals surface area contributed by atoms with Crippen molar-refractivity contribution in [3.8, 4) is 0 Å². The third-order valence-electron chi connectivity index (χ3n) is 8.26. The van der Waals surface area contributed by atoms with Crippen LogP contribution in [0.3, 0.4) is 0 Å². The fraction of sp³-hybridized carbons (Fsp3) is 0.387. The van der Waals surface area contributed by atoms with Crippen LogP contribution in [0.4, 0.5) is 23.0 Å². The van der Waals surface area contributed by atoms with Crippen molar-refractivity contribution in [2.24, 2.45) is 11.8 Å². The van der Waals surface area contributed by atoms with Gasteiger partial charge in [0.1, 0.15) is 11.6 Å². The molecule has 5 N–H and O–H groups in total. The molecular formula is C31H35N7O2. The Kier molecular flexibility index (Phi) is 6.96. The van der Waals surface area contributed by atoms with Crippen LogP contribution in [-0.4, -0.2) is 45.0 Å². The molecule has 0 spiro atoms. The van der Waals surface area contributed by atoms with Crippen LogP contribution in [0.25, 0.3) is 0 Å². The average molecular weight is 538 g/mol. The van der Waals surface area contributed by atoms with Gasteiger partial charge >= 0.3 is 0 Å². The first-order valence-electron chi connectivity index (χ1n) is 14.2. The number of anilines is 4. The lowest BCUT2D eigenvalue weighted by Crippen LogP contribution is -2.48.